The molecule has 7 nitrogen and oxygen atoms in total. The summed E-state index contributed by atoms with van der Waals surface area (Å²) in [6.07, 6.45) is 1.01. The lowest BCUT2D eigenvalue weighted by atomic mass is 10.1. The second-order valence-electron chi connectivity index (χ2n) is 6.09. The van der Waals surface area contributed by atoms with Crippen molar-refractivity contribution in [1.82, 2.24) is 14.8 Å². The van der Waals surface area contributed by atoms with Gasteiger partial charge in [0.05, 0.1) is 27.2 Å². The van der Waals surface area contributed by atoms with Crippen molar-refractivity contribution in [2.75, 3.05) is 11.6 Å². The van der Waals surface area contributed by atoms with Crippen LogP contribution in [-0.4, -0.2) is 35.3 Å². The van der Waals surface area contributed by atoms with Gasteiger partial charge in [-0.2, -0.15) is 5.10 Å². The monoisotopic (exact) mass is 376 g/mol. The van der Waals surface area contributed by atoms with Crippen LogP contribution in [0.1, 0.15) is 21.7 Å². The predicted molar refractivity (Wildman–Crippen MR) is 95.4 cm³/mol. The Hall–Kier alpha value is -2.81. The molecular weight excluding hydrogens is 359 g/mol. The van der Waals surface area contributed by atoms with Crippen molar-refractivity contribution >= 4 is 32.5 Å². The fourth-order valence-electron chi connectivity index (χ4n) is 2.77. The Morgan fingerprint density at radius 3 is 2.58 bits per heavy atom. The highest BCUT2D eigenvalue weighted by molar-refractivity contribution is 7.90. The van der Waals surface area contributed by atoms with Gasteiger partial charge in [0, 0.05) is 19.0 Å². The van der Waals surface area contributed by atoms with E-state index in [1.54, 1.807) is 31.6 Å². The number of carbonyl (C=O) groups excluding carboxylic acids is 1. The van der Waals surface area contributed by atoms with Gasteiger partial charge in [-0.05, 0) is 38.1 Å². The lowest BCUT2D eigenvalue weighted by Crippen LogP contribution is -2.15. The first-order chi connectivity index (χ1) is 12.1. The third-order valence-electron chi connectivity index (χ3n) is 3.96. The van der Waals surface area contributed by atoms with E-state index in [0.717, 1.165) is 24.5 Å². The summed E-state index contributed by atoms with van der Waals surface area (Å²) < 4.78 is 39.0. The van der Waals surface area contributed by atoms with Gasteiger partial charge in [-0.25, -0.2) is 17.8 Å². The van der Waals surface area contributed by atoms with Crippen LogP contribution in [0, 0.1) is 19.7 Å². The minimum atomic E-state index is -3.53. The van der Waals surface area contributed by atoms with Crippen LogP contribution in [0.25, 0.3) is 11.0 Å². The summed E-state index contributed by atoms with van der Waals surface area (Å²) in [5, 5.41) is 7.28. The number of sulfone groups is 1. The number of amides is 1. The second-order valence-corrected chi connectivity index (χ2v) is 8.10. The fraction of sp³-hybridized carbons (Fsp3) is 0.235. The molecule has 0 aliphatic rings. The Morgan fingerprint density at radius 1 is 1.23 bits per heavy atom. The number of anilines is 1. The Morgan fingerprint density at radius 2 is 1.92 bits per heavy atom. The SMILES string of the molecule is Cc1cc(C(=O)Nc2cc(S(C)(=O)=O)ccc2F)c2c(C)nn(C)c2n1. The van der Waals surface area contributed by atoms with Gasteiger partial charge in [-0.3, -0.25) is 9.48 Å². The summed E-state index contributed by atoms with van der Waals surface area (Å²) in [7, 11) is -1.81. The van der Waals surface area contributed by atoms with Crippen LogP contribution in [0.2, 0.25) is 0 Å². The summed E-state index contributed by atoms with van der Waals surface area (Å²) in [5.74, 6) is -1.29. The highest BCUT2D eigenvalue weighted by atomic mass is 32.2. The number of fused-ring (bicyclic) bond motifs is 1. The normalized spacial score (nSPS) is 11.7. The summed E-state index contributed by atoms with van der Waals surface area (Å²) in [6.45, 7) is 3.49. The maximum absolute atomic E-state index is 14.1. The number of rotatable bonds is 3. The molecule has 9 heteroatoms. The van der Waals surface area contributed by atoms with Crippen molar-refractivity contribution in [3.8, 4) is 0 Å². The minimum absolute atomic E-state index is 0.0807. The summed E-state index contributed by atoms with van der Waals surface area (Å²) in [6, 6.07) is 4.85. The van der Waals surface area contributed by atoms with Gasteiger partial charge in [0.15, 0.2) is 15.5 Å². The molecule has 0 saturated heterocycles. The lowest BCUT2D eigenvalue weighted by Gasteiger charge is -2.10. The zero-order valence-corrected chi connectivity index (χ0v) is 15.5. The molecule has 0 aliphatic heterocycles. The number of aromatic nitrogens is 3. The molecule has 0 fully saturated rings. The molecule has 3 aromatic rings. The van der Waals surface area contributed by atoms with Gasteiger partial charge in [0.1, 0.15) is 5.82 Å². The van der Waals surface area contributed by atoms with E-state index in [2.05, 4.69) is 15.4 Å². The van der Waals surface area contributed by atoms with E-state index in [4.69, 9.17) is 0 Å². The molecule has 1 aromatic carbocycles. The van der Waals surface area contributed by atoms with E-state index in [1.165, 1.54) is 0 Å². The molecule has 0 unspecified atom stereocenters. The maximum Gasteiger partial charge on any atom is 0.256 e. The average molecular weight is 376 g/mol. The van der Waals surface area contributed by atoms with Gasteiger partial charge in [0.25, 0.3) is 5.91 Å². The lowest BCUT2D eigenvalue weighted by molar-refractivity contribution is 0.102. The molecule has 1 amide bonds. The number of benzene rings is 1. The topological polar surface area (TPSA) is 94.0 Å². The Kier molecular flexibility index (Phi) is 4.27. The Labute approximate surface area is 149 Å². The first-order valence-electron chi connectivity index (χ1n) is 7.70. The van der Waals surface area contributed by atoms with E-state index >= 15 is 0 Å². The third-order valence-corrected chi connectivity index (χ3v) is 5.07. The molecule has 1 N–H and O–H groups in total. The number of halogens is 1. The van der Waals surface area contributed by atoms with Crippen molar-refractivity contribution in [1.29, 1.82) is 0 Å². The third kappa shape index (κ3) is 3.17. The van der Waals surface area contributed by atoms with E-state index in [-0.39, 0.29) is 10.6 Å². The summed E-state index contributed by atoms with van der Waals surface area (Å²) in [4.78, 5) is 17.1. The Balaban J connectivity index is 2.09. The van der Waals surface area contributed by atoms with Crippen molar-refractivity contribution in [2.24, 2.45) is 7.05 Å². The standard InChI is InChI=1S/C17H17FN4O3S/c1-9-7-12(15-10(2)21-22(3)16(15)19-9)17(23)20-14-8-11(26(4,24)25)5-6-13(14)18/h5-8H,1-4H3,(H,20,23). The molecule has 0 spiro atoms. The minimum Gasteiger partial charge on any atom is -0.319 e. The van der Waals surface area contributed by atoms with Crippen molar-refractivity contribution in [3.63, 3.8) is 0 Å². The van der Waals surface area contributed by atoms with Crippen LogP contribution in [-0.2, 0) is 16.9 Å². The molecule has 0 atom stereocenters. The number of hydrogen-bond donors (Lipinski definition) is 1. The second kappa shape index (κ2) is 6.17. The van der Waals surface area contributed by atoms with Gasteiger partial charge >= 0.3 is 0 Å². The van der Waals surface area contributed by atoms with E-state index in [1.807, 2.05) is 0 Å². The highest BCUT2D eigenvalue weighted by Gasteiger charge is 2.19. The number of hydrogen-bond acceptors (Lipinski definition) is 5. The smallest absolute Gasteiger partial charge is 0.256 e. The van der Waals surface area contributed by atoms with Crippen LogP contribution in [0.3, 0.4) is 0 Å². The number of nitrogens with one attached hydrogen (secondary N) is 1. The summed E-state index contributed by atoms with van der Waals surface area (Å²) in [5.41, 5.74) is 1.85. The quantitative estimate of drug-likeness (QED) is 0.709. The van der Waals surface area contributed by atoms with Gasteiger partial charge in [-0.15, -0.1) is 0 Å². The maximum atomic E-state index is 14.1. The first-order valence-corrected chi connectivity index (χ1v) is 9.59. The summed E-state index contributed by atoms with van der Waals surface area (Å²) >= 11 is 0. The fourth-order valence-corrected chi connectivity index (χ4v) is 3.42. The van der Waals surface area contributed by atoms with E-state index < -0.39 is 21.6 Å². The van der Waals surface area contributed by atoms with Crippen molar-refractivity contribution in [3.05, 3.63) is 47.0 Å². The first kappa shape index (κ1) is 18.0. The van der Waals surface area contributed by atoms with Gasteiger partial charge in [0.2, 0.25) is 0 Å². The van der Waals surface area contributed by atoms with Crippen molar-refractivity contribution < 1.29 is 17.6 Å². The number of nitrogens with zero attached hydrogens (tertiary/aromatic N) is 3. The van der Waals surface area contributed by atoms with Crippen LogP contribution >= 0.6 is 0 Å². The van der Waals surface area contributed by atoms with Crippen LogP contribution in [0.4, 0.5) is 10.1 Å². The van der Waals surface area contributed by atoms with Crippen LogP contribution < -0.4 is 5.32 Å². The zero-order valence-electron chi connectivity index (χ0n) is 14.7. The van der Waals surface area contributed by atoms with Crippen LogP contribution in [0.5, 0.6) is 0 Å². The number of pyridine rings is 1. The molecule has 2 heterocycles. The van der Waals surface area contributed by atoms with Gasteiger partial charge < -0.3 is 5.32 Å². The Bertz CT molecular complexity index is 1150. The number of carbonyl (C=O) groups is 1. The molecule has 0 aliphatic carbocycles. The molecule has 3 rings (SSSR count). The van der Waals surface area contributed by atoms with E-state index in [9.17, 15) is 17.6 Å². The number of aryl methyl sites for hydroxylation is 3. The predicted octanol–water partition coefficient (Wildman–Crippen LogP) is 2.38. The van der Waals surface area contributed by atoms with Crippen molar-refractivity contribution in [2.45, 2.75) is 18.7 Å². The molecule has 26 heavy (non-hydrogen) atoms. The molecule has 136 valence electrons. The highest BCUT2D eigenvalue weighted by Crippen LogP contribution is 2.24. The largest absolute Gasteiger partial charge is 0.319 e. The average Bonchev–Trinajstić information content (AvgIpc) is 2.82. The zero-order chi connectivity index (χ0) is 19.2. The molecule has 0 radical (unpaired) electrons. The van der Waals surface area contributed by atoms with Crippen LogP contribution in [0.15, 0.2) is 29.2 Å². The molecule has 2 aromatic heterocycles. The van der Waals surface area contributed by atoms with Gasteiger partial charge in [-0.1, -0.05) is 0 Å². The molecule has 0 saturated carbocycles. The molecular formula is C17H17FN4O3S. The molecule has 0 bridgehead atoms. The van der Waals surface area contributed by atoms with E-state index in [0.29, 0.717) is 28.0 Å².